The summed E-state index contributed by atoms with van der Waals surface area (Å²) in [7, 11) is 0. The van der Waals surface area contributed by atoms with E-state index in [0.29, 0.717) is 6.54 Å². The van der Waals surface area contributed by atoms with Crippen LogP contribution < -0.4 is 5.32 Å². The van der Waals surface area contributed by atoms with Gasteiger partial charge in [-0.15, -0.1) is 0 Å². The van der Waals surface area contributed by atoms with E-state index in [-0.39, 0.29) is 5.54 Å². The summed E-state index contributed by atoms with van der Waals surface area (Å²) in [5, 5.41) is 3.36. The van der Waals surface area contributed by atoms with Crippen LogP contribution in [0.3, 0.4) is 0 Å². The Kier molecular flexibility index (Phi) is 2.72. The van der Waals surface area contributed by atoms with Gasteiger partial charge in [0.1, 0.15) is 5.52 Å². The molecule has 0 aliphatic heterocycles. The quantitative estimate of drug-likeness (QED) is 0.842. The molecule has 2 rings (SSSR count). The lowest BCUT2D eigenvalue weighted by molar-refractivity contribution is 0.388. The molecule has 0 aliphatic carbocycles. The van der Waals surface area contributed by atoms with Gasteiger partial charge in [0, 0.05) is 5.54 Å². The molecule has 0 radical (unpaired) electrons. The summed E-state index contributed by atoms with van der Waals surface area (Å²) in [4.78, 5) is 4.45. The van der Waals surface area contributed by atoms with Crippen molar-refractivity contribution in [3.05, 3.63) is 29.7 Å². The molecule has 0 spiro atoms. The number of fused-ring (bicyclic) bond motifs is 1. The van der Waals surface area contributed by atoms with E-state index in [9.17, 15) is 0 Å². The molecule has 3 nitrogen and oxygen atoms in total. The second-order valence-electron chi connectivity index (χ2n) is 5.18. The number of rotatable bonds is 2. The minimum Gasteiger partial charge on any atom is -0.439 e. The molecule has 1 aromatic heterocycles. The first kappa shape index (κ1) is 11.1. The minimum absolute atomic E-state index is 0.0799. The molecule has 1 N–H and O–H groups in total. The number of hydrogen-bond donors (Lipinski definition) is 1. The summed E-state index contributed by atoms with van der Waals surface area (Å²) in [5.74, 6) is 0.746. The molecule has 0 saturated heterocycles. The fourth-order valence-electron chi connectivity index (χ4n) is 1.50. The van der Waals surface area contributed by atoms with Crippen LogP contribution >= 0.6 is 0 Å². The van der Waals surface area contributed by atoms with Crippen molar-refractivity contribution in [1.82, 2.24) is 10.3 Å². The molecule has 2 aromatic rings. The molecular weight excluding hydrogens is 200 g/mol. The van der Waals surface area contributed by atoms with Crippen molar-refractivity contribution in [2.45, 2.75) is 39.8 Å². The average Bonchev–Trinajstić information content (AvgIpc) is 2.55. The smallest absolute Gasteiger partial charge is 0.209 e. The van der Waals surface area contributed by atoms with E-state index in [1.165, 1.54) is 5.56 Å². The van der Waals surface area contributed by atoms with Gasteiger partial charge in [0.15, 0.2) is 5.58 Å². The van der Waals surface area contributed by atoms with Crippen molar-refractivity contribution in [1.29, 1.82) is 0 Å². The van der Waals surface area contributed by atoms with Crippen LogP contribution in [0.1, 0.15) is 32.2 Å². The fraction of sp³-hybridized carbons (Fsp3) is 0.462. The van der Waals surface area contributed by atoms with Crippen LogP contribution in [0, 0.1) is 6.92 Å². The van der Waals surface area contributed by atoms with Crippen LogP contribution in [0.25, 0.3) is 11.1 Å². The predicted molar refractivity (Wildman–Crippen MR) is 65.3 cm³/mol. The van der Waals surface area contributed by atoms with Gasteiger partial charge in [0.2, 0.25) is 5.89 Å². The summed E-state index contributed by atoms with van der Waals surface area (Å²) in [5.41, 5.74) is 3.08. The lowest BCUT2D eigenvalue weighted by atomic mass is 10.1. The van der Waals surface area contributed by atoms with Gasteiger partial charge in [-0.2, -0.15) is 0 Å². The standard InChI is InChI=1S/C13H18N2O/c1-9-5-6-11-10(7-9)15-12(16-11)8-14-13(2,3)4/h5-7,14H,8H2,1-4H3. The van der Waals surface area contributed by atoms with Crippen molar-refractivity contribution in [3.8, 4) is 0 Å². The number of benzene rings is 1. The van der Waals surface area contributed by atoms with Gasteiger partial charge >= 0.3 is 0 Å². The van der Waals surface area contributed by atoms with Gasteiger partial charge < -0.3 is 9.73 Å². The molecule has 86 valence electrons. The number of aromatic nitrogens is 1. The van der Waals surface area contributed by atoms with E-state index in [0.717, 1.165) is 17.0 Å². The first-order valence-corrected chi connectivity index (χ1v) is 5.55. The molecule has 0 aliphatic rings. The number of nitrogens with one attached hydrogen (secondary N) is 1. The number of oxazole rings is 1. The van der Waals surface area contributed by atoms with Gasteiger partial charge in [-0.25, -0.2) is 4.98 Å². The van der Waals surface area contributed by atoms with E-state index in [2.05, 4.69) is 38.0 Å². The highest BCUT2D eigenvalue weighted by molar-refractivity contribution is 5.73. The third-order valence-corrected chi connectivity index (χ3v) is 2.36. The van der Waals surface area contributed by atoms with Crippen molar-refractivity contribution in [3.63, 3.8) is 0 Å². The highest BCUT2D eigenvalue weighted by Crippen LogP contribution is 2.17. The number of aryl methyl sites for hydroxylation is 1. The Balaban J connectivity index is 2.20. The molecule has 0 bridgehead atoms. The van der Waals surface area contributed by atoms with Crippen molar-refractivity contribution >= 4 is 11.1 Å². The lowest BCUT2D eigenvalue weighted by Gasteiger charge is -2.18. The monoisotopic (exact) mass is 218 g/mol. The zero-order valence-electron chi connectivity index (χ0n) is 10.3. The Labute approximate surface area is 95.9 Å². The highest BCUT2D eigenvalue weighted by Gasteiger charge is 2.11. The lowest BCUT2D eigenvalue weighted by Crippen LogP contribution is -2.35. The maximum atomic E-state index is 5.64. The molecule has 0 atom stereocenters. The van der Waals surface area contributed by atoms with E-state index in [4.69, 9.17) is 4.42 Å². The molecule has 16 heavy (non-hydrogen) atoms. The van der Waals surface area contributed by atoms with E-state index in [1.54, 1.807) is 0 Å². The normalized spacial score (nSPS) is 12.2. The first-order valence-electron chi connectivity index (χ1n) is 5.55. The zero-order chi connectivity index (χ0) is 11.8. The maximum Gasteiger partial charge on any atom is 0.209 e. The van der Waals surface area contributed by atoms with Gasteiger partial charge in [-0.1, -0.05) is 6.07 Å². The summed E-state index contributed by atoms with van der Waals surface area (Å²) in [6.07, 6.45) is 0. The third kappa shape index (κ3) is 2.61. The van der Waals surface area contributed by atoms with Crippen molar-refractivity contribution in [2.24, 2.45) is 0 Å². The average molecular weight is 218 g/mol. The molecule has 1 aromatic carbocycles. The van der Waals surface area contributed by atoms with E-state index in [1.807, 2.05) is 18.2 Å². The third-order valence-electron chi connectivity index (χ3n) is 2.36. The van der Waals surface area contributed by atoms with Crippen LogP contribution in [0.2, 0.25) is 0 Å². The number of hydrogen-bond acceptors (Lipinski definition) is 3. The number of nitrogens with zero attached hydrogens (tertiary/aromatic N) is 1. The van der Waals surface area contributed by atoms with E-state index >= 15 is 0 Å². The largest absolute Gasteiger partial charge is 0.439 e. The van der Waals surface area contributed by atoms with Crippen LogP contribution in [-0.2, 0) is 6.54 Å². The second kappa shape index (κ2) is 3.91. The maximum absolute atomic E-state index is 5.64. The second-order valence-corrected chi connectivity index (χ2v) is 5.18. The summed E-state index contributed by atoms with van der Waals surface area (Å²) >= 11 is 0. The summed E-state index contributed by atoms with van der Waals surface area (Å²) < 4.78 is 5.64. The zero-order valence-corrected chi connectivity index (χ0v) is 10.3. The SMILES string of the molecule is Cc1ccc2oc(CNC(C)(C)C)nc2c1. The van der Waals surface area contributed by atoms with Crippen molar-refractivity contribution in [2.75, 3.05) is 0 Å². The van der Waals surface area contributed by atoms with Crippen LogP contribution in [0.5, 0.6) is 0 Å². The Morgan fingerprint density at radius 2 is 2.06 bits per heavy atom. The van der Waals surface area contributed by atoms with Gasteiger partial charge in [-0.05, 0) is 45.4 Å². The molecule has 0 fully saturated rings. The van der Waals surface area contributed by atoms with Gasteiger partial charge in [-0.3, -0.25) is 0 Å². The summed E-state index contributed by atoms with van der Waals surface area (Å²) in [6, 6.07) is 6.05. The van der Waals surface area contributed by atoms with Crippen LogP contribution in [-0.4, -0.2) is 10.5 Å². The highest BCUT2D eigenvalue weighted by atomic mass is 16.3. The molecule has 0 amide bonds. The first-order chi connectivity index (χ1) is 7.44. The van der Waals surface area contributed by atoms with E-state index < -0.39 is 0 Å². The van der Waals surface area contributed by atoms with Crippen LogP contribution in [0.4, 0.5) is 0 Å². The Morgan fingerprint density at radius 3 is 2.75 bits per heavy atom. The Morgan fingerprint density at radius 1 is 1.31 bits per heavy atom. The molecule has 1 heterocycles. The predicted octanol–water partition coefficient (Wildman–Crippen LogP) is 3.02. The molecule has 0 unspecified atom stereocenters. The Bertz CT molecular complexity index is 494. The molecule has 3 heteroatoms. The van der Waals surface area contributed by atoms with Crippen LogP contribution in [0.15, 0.2) is 22.6 Å². The van der Waals surface area contributed by atoms with Gasteiger partial charge in [0.05, 0.1) is 6.54 Å². The van der Waals surface area contributed by atoms with Crippen molar-refractivity contribution < 1.29 is 4.42 Å². The van der Waals surface area contributed by atoms with Gasteiger partial charge in [0.25, 0.3) is 0 Å². The minimum atomic E-state index is 0.0799. The topological polar surface area (TPSA) is 38.1 Å². The Hall–Kier alpha value is -1.35. The molecular formula is C13H18N2O. The fourth-order valence-corrected chi connectivity index (χ4v) is 1.50. The molecule has 0 saturated carbocycles. The summed E-state index contributed by atoms with van der Waals surface area (Å²) in [6.45, 7) is 9.10.